The van der Waals surface area contributed by atoms with Gasteiger partial charge in [0.05, 0.1) is 5.60 Å². The highest BCUT2D eigenvalue weighted by molar-refractivity contribution is 5.45. The van der Waals surface area contributed by atoms with Crippen LogP contribution in [-0.4, -0.2) is 27.2 Å². The van der Waals surface area contributed by atoms with E-state index in [1.807, 2.05) is 0 Å². The Balaban J connectivity index is 2.08. The van der Waals surface area contributed by atoms with Crippen molar-refractivity contribution in [3.8, 4) is 0 Å². The van der Waals surface area contributed by atoms with E-state index in [1.54, 1.807) is 19.9 Å². The van der Waals surface area contributed by atoms with Crippen molar-refractivity contribution in [3.63, 3.8) is 0 Å². The Morgan fingerprint density at radius 3 is 2.75 bits per heavy atom. The Bertz CT molecular complexity index is 382. The predicted octanol–water partition coefficient (Wildman–Crippen LogP) is 1.12. The minimum Gasteiger partial charge on any atom is -0.389 e. The van der Waals surface area contributed by atoms with Crippen molar-refractivity contribution >= 4 is 11.6 Å². The van der Waals surface area contributed by atoms with E-state index >= 15 is 0 Å². The van der Waals surface area contributed by atoms with Crippen LogP contribution in [0.4, 0.5) is 11.6 Å². The number of hydrogen-bond acceptors (Lipinski definition) is 5. The molecule has 1 fully saturated rings. The van der Waals surface area contributed by atoms with Gasteiger partial charge in [-0.05, 0) is 26.7 Å². The second-order valence-corrected chi connectivity index (χ2v) is 4.98. The van der Waals surface area contributed by atoms with Gasteiger partial charge in [-0.15, -0.1) is 0 Å². The topological polar surface area (TPSA) is 84.1 Å². The molecule has 5 nitrogen and oxygen atoms in total. The molecule has 0 atom stereocenters. The summed E-state index contributed by atoms with van der Waals surface area (Å²) in [6.07, 6.45) is 2.29. The summed E-state index contributed by atoms with van der Waals surface area (Å²) in [5.41, 5.74) is 4.95. The first kappa shape index (κ1) is 11.1. The number of nitrogens with one attached hydrogen (secondary N) is 1. The molecule has 0 unspecified atom stereocenters. The first-order valence-corrected chi connectivity index (χ1v) is 5.55. The van der Waals surface area contributed by atoms with Crippen LogP contribution in [0, 0.1) is 0 Å². The number of anilines is 2. The molecule has 1 heterocycles. The third-order valence-electron chi connectivity index (χ3n) is 2.41. The number of nitrogens with two attached hydrogens (primary N) is 1. The van der Waals surface area contributed by atoms with Gasteiger partial charge < -0.3 is 16.2 Å². The highest BCUT2D eigenvalue weighted by atomic mass is 16.3. The summed E-state index contributed by atoms with van der Waals surface area (Å²) in [7, 11) is 0. The van der Waals surface area contributed by atoms with Gasteiger partial charge in [-0.3, -0.25) is 0 Å². The van der Waals surface area contributed by atoms with Crippen molar-refractivity contribution in [2.75, 3.05) is 17.6 Å². The first-order chi connectivity index (χ1) is 7.44. The van der Waals surface area contributed by atoms with Crippen LogP contribution in [0.5, 0.6) is 0 Å². The molecule has 0 amide bonds. The normalized spacial score (nSPS) is 16.2. The van der Waals surface area contributed by atoms with Crippen molar-refractivity contribution in [3.05, 3.63) is 11.9 Å². The van der Waals surface area contributed by atoms with Gasteiger partial charge in [0, 0.05) is 18.5 Å². The number of rotatable bonds is 4. The second-order valence-electron chi connectivity index (χ2n) is 4.98. The third-order valence-corrected chi connectivity index (χ3v) is 2.41. The Hall–Kier alpha value is -1.36. The molecule has 0 aromatic carbocycles. The van der Waals surface area contributed by atoms with Gasteiger partial charge >= 0.3 is 0 Å². The molecule has 2 rings (SSSR count). The predicted molar refractivity (Wildman–Crippen MR) is 63.2 cm³/mol. The van der Waals surface area contributed by atoms with Crippen molar-refractivity contribution in [1.29, 1.82) is 0 Å². The third kappa shape index (κ3) is 3.06. The molecule has 1 aliphatic rings. The monoisotopic (exact) mass is 222 g/mol. The fourth-order valence-corrected chi connectivity index (χ4v) is 1.41. The molecule has 1 saturated carbocycles. The number of aromatic nitrogens is 2. The minimum atomic E-state index is -0.764. The lowest BCUT2D eigenvalue weighted by Gasteiger charge is -2.18. The van der Waals surface area contributed by atoms with E-state index < -0.39 is 5.60 Å². The summed E-state index contributed by atoms with van der Waals surface area (Å²) in [5.74, 6) is 2.47. The molecule has 0 spiro atoms. The van der Waals surface area contributed by atoms with Crippen LogP contribution in [0.25, 0.3) is 0 Å². The fraction of sp³-hybridized carbons (Fsp3) is 0.636. The second kappa shape index (κ2) is 3.90. The van der Waals surface area contributed by atoms with Gasteiger partial charge in [-0.2, -0.15) is 0 Å². The van der Waals surface area contributed by atoms with E-state index in [-0.39, 0.29) is 0 Å². The summed E-state index contributed by atoms with van der Waals surface area (Å²) in [5, 5.41) is 12.7. The molecule has 0 aliphatic heterocycles. The van der Waals surface area contributed by atoms with Crippen molar-refractivity contribution < 1.29 is 5.11 Å². The highest BCUT2D eigenvalue weighted by Gasteiger charge is 2.27. The SMILES string of the molecule is CC(C)(O)CNc1cc(N)nc(C2CC2)n1. The van der Waals surface area contributed by atoms with Crippen molar-refractivity contribution in [2.45, 2.75) is 38.2 Å². The van der Waals surface area contributed by atoms with E-state index in [9.17, 15) is 5.11 Å². The van der Waals surface area contributed by atoms with Gasteiger partial charge in [-0.25, -0.2) is 9.97 Å². The van der Waals surface area contributed by atoms with Gasteiger partial charge in [0.2, 0.25) is 0 Å². The molecule has 5 heteroatoms. The van der Waals surface area contributed by atoms with Crippen LogP contribution in [0.2, 0.25) is 0 Å². The summed E-state index contributed by atoms with van der Waals surface area (Å²) in [6, 6.07) is 1.69. The fourth-order valence-electron chi connectivity index (χ4n) is 1.41. The zero-order valence-corrected chi connectivity index (χ0v) is 9.70. The van der Waals surface area contributed by atoms with Crippen molar-refractivity contribution in [2.24, 2.45) is 0 Å². The minimum absolute atomic E-state index is 0.438. The lowest BCUT2D eigenvalue weighted by atomic mass is 10.1. The maximum atomic E-state index is 9.60. The zero-order valence-electron chi connectivity index (χ0n) is 9.70. The van der Waals surface area contributed by atoms with E-state index in [0.29, 0.717) is 24.1 Å². The lowest BCUT2D eigenvalue weighted by Crippen LogP contribution is -2.29. The molecule has 4 N–H and O–H groups in total. The van der Waals surface area contributed by atoms with Crippen LogP contribution in [0.15, 0.2) is 6.07 Å². The Kier molecular flexibility index (Phi) is 2.71. The molecular weight excluding hydrogens is 204 g/mol. The van der Waals surface area contributed by atoms with Crippen molar-refractivity contribution in [1.82, 2.24) is 9.97 Å². The summed E-state index contributed by atoms with van der Waals surface area (Å²) < 4.78 is 0. The molecule has 16 heavy (non-hydrogen) atoms. The maximum absolute atomic E-state index is 9.60. The smallest absolute Gasteiger partial charge is 0.136 e. The summed E-state index contributed by atoms with van der Waals surface area (Å²) >= 11 is 0. The van der Waals surface area contributed by atoms with Crippen LogP contribution >= 0.6 is 0 Å². The molecule has 88 valence electrons. The van der Waals surface area contributed by atoms with Gasteiger partial charge in [0.1, 0.15) is 17.5 Å². The van der Waals surface area contributed by atoms with Gasteiger partial charge in [0.25, 0.3) is 0 Å². The van der Waals surface area contributed by atoms with E-state index in [0.717, 1.165) is 18.7 Å². The lowest BCUT2D eigenvalue weighted by molar-refractivity contribution is 0.0944. The van der Waals surface area contributed by atoms with Gasteiger partial charge in [-0.1, -0.05) is 0 Å². The Morgan fingerprint density at radius 1 is 1.50 bits per heavy atom. The quantitative estimate of drug-likeness (QED) is 0.711. The molecule has 1 aromatic heterocycles. The summed E-state index contributed by atoms with van der Waals surface area (Å²) in [4.78, 5) is 8.59. The zero-order chi connectivity index (χ0) is 11.8. The van der Waals surface area contributed by atoms with Crippen LogP contribution in [0.3, 0.4) is 0 Å². The standard InChI is InChI=1S/C11H18N4O/c1-11(2,16)6-13-9-5-8(12)14-10(15-9)7-3-4-7/h5,7,16H,3-4,6H2,1-2H3,(H3,12,13,14,15). The van der Waals surface area contributed by atoms with Crippen LogP contribution < -0.4 is 11.1 Å². The molecule has 1 aliphatic carbocycles. The number of nitrogen functional groups attached to an aromatic ring is 1. The average Bonchev–Trinajstić information content (AvgIpc) is 2.95. The number of hydrogen-bond donors (Lipinski definition) is 3. The van der Waals surface area contributed by atoms with Crippen LogP contribution in [-0.2, 0) is 0 Å². The summed E-state index contributed by atoms with van der Waals surface area (Å²) in [6.45, 7) is 3.92. The number of aliphatic hydroxyl groups is 1. The molecule has 0 bridgehead atoms. The van der Waals surface area contributed by atoms with E-state index in [2.05, 4.69) is 15.3 Å². The molecule has 0 saturated heterocycles. The highest BCUT2D eigenvalue weighted by Crippen LogP contribution is 2.38. The average molecular weight is 222 g/mol. The molecule has 0 radical (unpaired) electrons. The molecular formula is C11H18N4O. The van der Waals surface area contributed by atoms with E-state index in [4.69, 9.17) is 5.73 Å². The first-order valence-electron chi connectivity index (χ1n) is 5.55. The molecule has 1 aromatic rings. The van der Waals surface area contributed by atoms with Gasteiger partial charge in [0.15, 0.2) is 0 Å². The Labute approximate surface area is 95.1 Å². The Morgan fingerprint density at radius 2 is 2.19 bits per heavy atom. The van der Waals surface area contributed by atoms with Crippen LogP contribution in [0.1, 0.15) is 38.4 Å². The largest absolute Gasteiger partial charge is 0.389 e. The number of nitrogens with zero attached hydrogens (tertiary/aromatic N) is 2. The van der Waals surface area contributed by atoms with E-state index in [1.165, 1.54) is 0 Å². The maximum Gasteiger partial charge on any atom is 0.136 e.